The monoisotopic (exact) mass is 530 g/mol. The van der Waals surface area contributed by atoms with Gasteiger partial charge in [0, 0.05) is 30.3 Å². The summed E-state index contributed by atoms with van der Waals surface area (Å²) in [5.41, 5.74) is 5.60. The third-order valence-electron chi connectivity index (χ3n) is 6.95. The van der Waals surface area contributed by atoms with E-state index in [2.05, 4.69) is 43.0 Å². The van der Waals surface area contributed by atoms with Gasteiger partial charge in [-0.05, 0) is 47.2 Å². The zero-order valence-corrected chi connectivity index (χ0v) is 22.3. The lowest BCUT2D eigenvalue weighted by atomic mass is 10.0. The molecule has 0 spiro atoms. The van der Waals surface area contributed by atoms with Crippen LogP contribution >= 0.6 is 0 Å². The molecule has 3 aromatic carbocycles. The lowest BCUT2D eigenvalue weighted by Gasteiger charge is -2.24. The van der Waals surface area contributed by atoms with Gasteiger partial charge in [0.1, 0.15) is 5.82 Å². The standard InChI is InChI=1S/C31H30N8O/c1-21-11-13-22(14-12-21)17-29(40)33-28-18-27(25-9-5-6-10-26(25)30-35-37-38-36-30)32-31(34-28)39(20-24-15-16-24)19-23-7-3-2-4-8-23/h2-14,18,24H,15-17,19-20H2,1H3,(H,32,33,34,40)(H,35,36,37,38). The molecule has 0 saturated heterocycles. The number of nitrogens with zero attached hydrogens (tertiary/aromatic N) is 6. The molecular weight excluding hydrogens is 500 g/mol. The number of hydrogen-bond donors (Lipinski definition) is 2. The summed E-state index contributed by atoms with van der Waals surface area (Å²) in [6.45, 7) is 3.55. The average Bonchev–Trinajstić information content (AvgIpc) is 3.62. The minimum absolute atomic E-state index is 0.135. The first-order chi connectivity index (χ1) is 19.6. The topological polar surface area (TPSA) is 113 Å². The number of nitrogens with one attached hydrogen (secondary N) is 2. The Morgan fingerprint density at radius 3 is 2.40 bits per heavy atom. The maximum Gasteiger partial charge on any atom is 0.229 e. The average molecular weight is 531 g/mol. The van der Waals surface area contributed by atoms with Crippen LogP contribution in [0, 0.1) is 12.8 Å². The Hall–Kier alpha value is -4.92. The van der Waals surface area contributed by atoms with Crippen LogP contribution in [0.25, 0.3) is 22.6 Å². The molecule has 9 heteroatoms. The van der Waals surface area contributed by atoms with Gasteiger partial charge in [-0.25, -0.2) is 10.1 Å². The molecule has 0 radical (unpaired) electrons. The van der Waals surface area contributed by atoms with Crippen molar-refractivity contribution in [2.45, 2.75) is 32.7 Å². The fourth-order valence-electron chi connectivity index (χ4n) is 4.68. The van der Waals surface area contributed by atoms with Crippen molar-refractivity contribution >= 4 is 17.7 Å². The molecule has 0 unspecified atom stereocenters. The van der Waals surface area contributed by atoms with Crippen LogP contribution in [0.5, 0.6) is 0 Å². The van der Waals surface area contributed by atoms with E-state index in [1.807, 2.05) is 79.7 Å². The van der Waals surface area contributed by atoms with Gasteiger partial charge in [0.15, 0.2) is 5.82 Å². The second kappa shape index (κ2) is 11.4. The van der Waals surface area contributed by atoms with Crippen LogP contribution in [0.3, 0.4) is 0 Å². The maximum atomic E-state index is 13.1. The number of aryl methyl sites for hydroxylation is 1. The van der Waals surface area contributed by atoms with Gasteiger partial charge in [0.2, 0.25) is 11.9 Å². The number of aromatic nitrogens is 6. The number of anilines is 2. The molecule has 2 aromatic heterocycles. The molecule has 0 bridgehead atoms. The Labute approximate surface area is 232 Å². The molecular formula is C31H30N8O. The van der Waals surface area contributed by atoms with Crippen LogP contribution in [0.2, 0.25) is 0 Å². The summed E-state index contributed by atoms with van der Waals surface area (Å²) in [5.74, 6) is 2.05. The van der Waals surface area contributed by atoms with E-state index in [0.717, 1.165) is 28.8 Å². The van der Waals surface area contributed by atoms with Gasteiger partial charge in [0.05, 0.1) is 12.1 Å². The summed E-state index contributed by atoms with van der Waals surface area (Å²) in [4.78, 5) is 25.2. The highest BCUT2D eigenvalue weighted by atomic mass is 16.1. The molecule has 1 aliphatic carbocycles. The lowest BCUT2D eigenvalue weighted by Crippen LogP contribution is -2.28. The number of H-pyrrole nitrogens is 1. The highest BCUT2D eigenvalue weighted by Crippen LogP contribution is 2.34. The quantitative estimate of drug-likeness (QED) is 0.254. The second-order valence-electron chi connectivity index (χ2n) is 10.3. The summed E-state index contributed by atoms with van der Waals surface area (Å²) in [7, 11) is 0. The molecule has 0 atom stereocenters. The Balaban J connectivity index is 1.38. The number of amides is 1. The lowest BCUT2D eigenvalue weighted by molar-refractivity contribution is -0.115. The van der Waals surface area contributed by atoms with Gasteiger partial charge in [-0.2, -0.15) is 4.98 Å². The largest absolute Gasteiger partial charge is 0.336 e. The fraction of sp³-hybridized carbons (Fsp3) is 0.226. The predicted molar refractivity (Wildman–Crippen MR) is 154 cm³/mol. The van der Waals surface area contributed by atoms with Crippen LogP contribution < -0.4 is 10.2 Å². The molecule has 1 fully saturated rings. The van der Waals surface area contributed by atoms with Gasteiger partial charge in [0.25, 0.3) is 0 Å². The van der Waals surface area contributed by atoms with Crippen molar-refractivity contribution in [3.05, 3.63) is 102 Å². The number of benzene rings is 3. The first-order valence-corrected chi connectivity index (χ1v) is 13.5. The Kier molecular flexibility index (Phi) is 7.26. The van der Waals surface area contributed by atoms with E-state index < -0.39 is 0 Å². The number of carbonyl (C=O) groups is 1. The van der Waals surface area contributed by atoms with Crippen LogP contribution in [0.4, 0.5) is 11.8 Å². The van der Waals surface area contributed by atoms with Crippen molar-refractivity contribution in [2.75, 3.05) is 16.8 Å². The zero-order valence-electron chi connectivity index (χ0n) is 22.3. The smallest absolute Gasteiger partial charge is 0.229 e. The molecule has 200 valence electrons. The molecule has 40 heavy (non-hydrogen) atoms. The molecule has 5 aromatic rings. The normalized spacial score (nSPS) is 12.7. The van der Waals surface area contributed by atoms with Crippen molar-refractivity contribution in [2.24, 2.45) is 5.92 Å². The maximum absolute atomic E-state index is 13.1. The van der Waals surface area contributed by atoms with Crippen LogP contribution in [0.15, 0.2) is 84.9 Å². The molecule has 1 aliphatic rings. The molecule has 1 saturated carbocycles. The fourth-order valence-corrected chi connectivity index (χ4v) is 4.68. The van der Waals surface area contributed by atoms with E-state index in [0.29, 0.717) is 35.7 Å². The van der Waals surface area contributed by atoms with Gasteiger partial charge >= 0.3 is 0 Å². The van der Waals surface area contributed by atoms with E-state index in [9.17, 15) is 4.79 Å². The number of rotatable bonds is 10. The number of aromatic amines is 1. The van der Waals surface area contributed by atoms with Gasteiger partial charge in [-0.1, -0.05) is 84.4 Å². The highest BCUT2D eigenvalue weighted by Gasteiger charge is 2.27. The third-order valence-corrected chi connectivity index (χ3v) is 6.95. The van der Waals surface area contributed by atoms with E-state index in [1.54, 1.807) is 0 Å². The van der Waals surface area contributed by atoms with Crippen LogP contribution in [-0.2, 0) is 17.8 Å². The van der Waals surface area contributed by atoms with Crippen molar-refractivity contribution < 1.29 is 4.79 Å². The predicted octanol–water partition coefficient (Wildman–Crippen LogP) is 5.23. The number of hydrogen-bond acceptors (Lipinski definition) is 7. The zero-order chi connectivity index (χ0) is 27.3. The highest BCUT2D eigenvalue weighted by molar-refractivity contribution is 5.92. The van der Waals surface area contributed by atoms with Crippen LogP contribution in [0.1, 0.15) is 29.5 Å². The van der Waals surface area contributed by atoms with Crippen molar-refractivity contribution in [1.82, 2.24) is 30.6 Å². The minimum Gasteiger partial charge on any atom is -0.336 e. The molecule has 1 amide bonds. The SMILES string of the molecule is Cc1ccc(CC(=O)Nc2cc(-c3ccccc3-c3nnn[nH]3)nc(N(Cc3ccccc3)CC3CC3)n2)cc1. The molecule has 6 rings (SSSR count). The minimum atomic E-state index is -0.135. The first kappa shape index (κ1) is 25.4. The molecule has 9 nitrogen and oxygen atoms in total. The van der Waals surface area contributed by atoms with Gasteiger partial charge in [-0.15, -0.1) is 5.10 Å². The summed E-state index contributed by atoms with van der Waals surface area (Å²) in [5, 5.41) is 17.5. The number of carbonyl (C=O) groups excluding carboxylic acids is 1. The summed E-state index contributed by atoms with van der Waals surface area (Å²) < 4.78 is 0. The van der Waals surface area contributed by atoms with Crippen molar-refractivity contribution in [1.29, 1.82) is 0 Å². The van der Waals surface area contributed by atoms with E-state index >= 15 is 0 Å². The van der Waals surface area contributed by atoms with Crippen molar-refractivity contribution in [3.63, 3.8) is 0 Å². The summed E-state index contributed by atoms with van der Waals surface area (Å²) in [6, 6.07) is 27.9. The van der Waals surface area contributed by atoms with E-state index in [1.165, 1.54) is 18.4 Å². The Morgan fingerprint density at radius 1 is 0.925 bits per heavy atom. The van der Waals surface area contributed by atoms with E-state index in [-0.39, 0.29) is 12.3 Å². The first-order valence-electron chi connectivity index (χ1n) is 13.5. The summed E-state index contributed by atoms with van der Waals surface area (Å²) >= 11 is 0. The number of tetrazole rings is 1. The Morgan fingerprint density at radius 2 is 1.68 bits per heavy atom. The van der Waals surface area contributed by atoms with Gasteiger partial charge in [-0.3, -0.25) is 4.79 Å². The van der Waals surface area contributed by atoms with Crippen LogP contribution in [-0.4, -0.2) is 43.0 Å². The summed E-state index contributed by atoms with van der Waals surface area (Å²) in [6.07, 6.45) is 2.66. The third kappa shape index (κ3) is 6.20. The van der Waals surface area contributed by atoms with Gasteiger partial charge < -0.3 is 10.2 Å². The van der Waals surface area contributed by atoms with Crippen molar-refractivity contribution in [3.8, 4) is 22.6 Å². The second-order valence-corrected chi connectivity index (χ2v) is 10.3. The molecule has 2 N–H and O–H groups in total. The molecule has 0 aliphatic heterocycles. The Bertz CT molecular complexity index is 1580. The molecule has 2 heterocycles. The van der Waals surface area contributed by atoms with E-state index in [4.69, 9.17) is 9.97 Å².